The lowest BCUT2D eigenvalue weighted by Crippen LogP contribution is -1.94. The minimum atomic E-state index is -1.73. The second-order valence-electron chi connectivity index (χ2n) is 0.907. The maximum atomic E-state index is 11.3. The highest BCUT2D eigenvalue weighted by Gasteiger charge is 1.98. The lowest BCUT2D eigenvalue weighted by Gasteiger charge is -1.91. The molecule has 0 aromatic rings. The molecule has 0 aliphatic rings. The summed E-state index contributed by atoms with van der Waals surface area (Å²) in [6.07, 6.45) is -1.67. The topological polar surface area (TPSA) is 9.23 Å². The SMILES string of the molecule is CCC(F)OF. The standard InChI is InChI=1S/C3H6F2O/c1-2-3(4)6-5/h3H,2H2,1H3. The van der Waals surface area contributed by atoms with Crippen LogP contribution in [0, 0.1) is 0 Å². The fraction of sp³-hybridized carbons (Fsp3) is 1.00. The average molecular weight is 96.1 g/mol. The van der Waals surface area contributed by atoms with Gasteiger partial charge in [0.2, 0.25) is 6.36 Å². The smallest absolute Gasteiger partial charge is 0.213 e. The van der Waals surface area contributed by atoms with E-state index in [4.69, 9.17) is 0 Å². The van der Waals surface area contributed by atoms with Crippen LogP contribution in [0.4, 0.5) is 8.92 Å². The third-order valence-electron chi connectivity index (χ3n) is 0.418. The van der Waals surface area contributed by atoms with Crippen molar-refractivity contribution in [1.29, 1.82) is 0 Å². The lowest BCUT2D eigenvalue weighted by atomic mass is 10.5. The molecule has 0 radical (unpaired) electrons. The first-order valence-electron chi connectivity index (χ1n) is 1.72. The lowest BCUT2D eigenvalue weighted by molar-refractivity contribution is -0.225. The molecular formula is C3H6F2O. The summed E-state index contributed by atoms with van der Waals surface area (Å²) in [6.45, 7) is 1.49. The zero-order valence-electron chi connectivity index (χ0n) is 3.45. The molecule has 1 nitrogen and oxygen atoms in total. The molecule has 0 N–H and O–H groups in total. The van der Waals surface area contributed by atoms with Crippen LogP contribution < -0.4 is 0 Å². The predicted octanol–water partition coefficient (Wildman–Crippen LogP) is 1.59. The van der Waals surface area contributed by atoms with Gasteiger partial charge in [0.05, 0.1) is 0 Å². The Kier molecular flexibility index (Phi) is 2.94. The molecule has 6 heavy (non-hydrogen) atoms. The number of hydrogen-bond donors (Lipinski definition) is 0. The first-order chi connectivity index (χ1) is 2.81. The first kappa shape index (κ1) is 5.82. The Balaban J connectivity index is 2.75. The van der Waals surface area contributed by atoms with Gasteiger partial charge in [-0.3, -0.25) is 0 Å². The average Bonchev–Trinajstić information content (AvgIpc) is 1.65. The van der Waals surface area contributed by atoms with Gasteiger partial charge in [0.1, 0.15) is 0 Å². The van der Waals surface area contributed by atoms with Gasteiger partial charge < -0.3 is 0 Å². The van der Waals surface area contributed by atoms with Crippen molar-refractivity contribution in [1.82, 2.24) is 0 Å². The minimum Gasteiger partial charge on any atom is -0.213 e. The van der Waals surface area contributed by atoms with Crippen LogP contribution in [0.15, 0.2) is 0 Å². The van der Waals surface area contributed by atoms with Crippen molar-refractivity contribution >= 4 is 0 Å². The molecule has 0 saturated carbocycles. The van der Waals surface area contributed by atoms with E-state index in [1.54, 1.807) is 0 Å². The Morgan fingerprint density at radius 1 is 1.83 bits per heavy atom. The number of halogens is 2. The second kappa shape index (κ2) is 3.03. The van der Waals surface area contributed by atoms with Gasteiger partial charge in [-0.15, -0.1) is 0 Å². The van der Waals surface area contributed by atoms with E-state index in [-0.39, 0.29) is 6.42 Å². The van der Waals surface area contributed by atoms with E-state index in [2.05, 4.69) is 4.94 Å². The van der Waals surface area contributed by atoms with Crippen molar-refractivity contribution in [3.63, 3.8) is 0 Å². The highest BCUT2D eigenvalue weighted by Crippen LogP contribution is 1.96. The van der Waals surface area contributed by atoms with Gasteiger partial charge in [-0.05, 0) is 4.53 Å². The van der Waals surface area contributed by atoms with Crippen LogP contribution in [-0.2, 0) is 4.94 Å². The van der Waals surface area contributed by atoms with Crippen molar-refractivity contribution in [3.8, 4) is 0 Å². The second-order valence-corrected chi connectivity index (χ2v) is 0.907. The normalized spacial score (nSPS) is 14.5. The molecule has 0 bridgehead atoms. The summed E-state index contributed by atoms with van der Waals surface area (Å²) >= 11 is 0. The Hall–Kier alpha value is -0.180. The minimum absolute atomic E-state index is 0.0660. The maximum absolute atomic E-state index is 11.3. The molecule has 1 atom stereocenters. The molecular weight excluding hydrogens is 90.0 g/mol. The van der Waals surface area contributed by atoms with Crippen LogP contribution in [0.2, 0.25) is 0 Å². The van der Waals surface area contributed by atoms with Gasteiger partial charge in [0.15, 0.2) is 0 Å². The molecule has 0 fully saturated rings. The Labute approximate surface area is 34.8 Å². The molecule has 1 unspecified atom stereocenters. The summed E-state index contributed by atoms with van der Waals surface area (Å²) in [4.78, 5) is 2.73. The van der Waals surface area contributed by atoms with Crippen LogP contribution in [0.5, 0.6) is 0 Å². The largest absolute Gasteiger partial charge is 0.236 e. The van der Waals surface area contributed by atoms with Gasteiger partial charge in [-0.1, -0.05) is 6.92 Å². The zero-order valence-corrected chi connectivity index (χ0v) is 3.45. The fourth-order valence-electron chi connectivity index (χ4n) is 0.0630. The number of rotatable bonds is 2. The molecule has 0 spiro atoms. The monoisotopic (exact) mass is 96.0 g/mol. The van der Waals surface area contributed by atoms with E-state index >= 15 is 0 Å². The molecule has 38 valence electrons. The summed E-state index contributed by atoms with van der Waals surface area (Å²) in [5, 5.41) is 0. The van der Waals surface area contributed by atoms with Crippen LogP contribution in [-0.4, -0.2) is 6.36 Å². The van der Waals surface area contributed by atoms with E-state index in [1.807, 2.05) is 0 Å². The summed E-state index contributed by atoms with van der Waals surface area (Å²) < 4.78 is 21.8. The van der Waals surface area contributed by atoms with Gasteiger partial charge in [0, 0.05) is 6.42 Å². The molecule has 0 aromatic heterocycles. The molecule has 0 aliphatic heterocycles. The van der Waals surface area contributed by atoms with Crippen molar-refractivity contribution in [2.45, 2.75) is 19.7 Å². The molecule has 0 amide bonds. The third kappa shape index (κ3) is 2.08. The Bertz CT molecular complexity index is 28.0. The summed E-state index contributed by atoms with van der Waals surface area (Å²) in [6, 6.07) is 0. The van der Waals surface area contributed by atoms with Gasteiger partial charge in [-0.2, -0.15) is 4.94 Å². The predicted molar refractivity (Wildman–Crippen MR) is 17.4 cm³/mol. The van der Waals surface area contributed by atoms with Gasteiger partial charge in [0.25, 0.3) is 0 Å². The molecule has 0 aromatic carbocycles. The highest BCUT2D eigenvalue weighted by atomic mass is 19.3. The van der Waals surface area contributed by atoms with E-state index in [0.717, 1.165) is 0 Å². The van der Waals surface area contributed by atoms with E-state index in [1.165, 1.54) is 6.92 Å². The molecule has 0 rings (SSSR count). The maximum Gasteiger partial charge on any atom is 0.236 e. The molecule has 3 heteroatoms. The quantitative estimate of drug-likeness (QED) is 0.507. The number of hydrogen-bond acceptors (Lipinski definition) is 1. The molecule has 0 saturated heterocycles. The summed E-state index contributed by atoms with van der Waals surface area (Å²) in [7, 11) is 0. The zero-order chi connectivity index (χ0) is 4.99. The van der Waals surface area contributed by atoms with Gasteiger partial charge >= 0.3 is 0 Å². The summed E-state index contributed by atoms with van der Waals surface area (Å²) in [5.74, 6) is 0. The van der Waals surface area contributed by atoms with E-state index < -0.39 is 6.36 Å². The van der Waals surface area contributed by atoms with Crippen LogP contribution >= 0.6 is 0 Å². The highest BCUT2D eigenvalue weighted by molar-refractivity contribution is 4.25. The Morgan fingerprint density at radius 2 is 2.33 bits per heavy atom. The molecule has 0 aliphatic carbocycles. The van der Waals surface area contributed by atoms with Crippen LogP contribution in [0.3, 0.4) is 0 Å². The Morgan fingerprint density at radius 3 is 2.33 bits per heavy atom. The fourth-order valence-corrected chi connectivity index (χ4v) is 0.0630. The van der Waals surface area contributed by atoms with E-state index in [9.17, 15) is 8.92 Å². The van der Waals surface area contributed by atoms with Gasteiger partial charge in [-0.25, -0.2) is 4.39 Å². The molecule has 0 heterocycles. The van der Waals surface area contributed by atoms with Crippen molar-refractivity contribution < 1.29 is 13.9 Å². The summed E-state index contributed by atoms with van der Waals surface area (Å²) in [5.41, 5.74) is 0. The van der Waals surface area contributed by atoms with Crippen molar-refractivity contribution in [2.24, 2.45) is 0 Å². The van der Waals surface area contributed by atoms with Crippen molar-refractivity contribution in [2.75, 3.05) is 0 Å². The van der Waals surface area contributed by atoms with Crippen LogP contribution in [0.25, 0.3) is 0 Å². The van der Waals surface area contributed by atoms with Crippen molar-refractivity contribution in [3.05, 3.63) is 0 Å². The third-order valence-corrected chi connectivity index (χ3v) is 0.418. The van der Waals surface area contributed by atoms with Crippen LogP contribution in [0.1, 0.15) is 13.3 Å². The first-order valence-corrected chi connectivity index (χ1v) is 1.72. The van der Waals surface area contributed by atoms with E-state index in [0.29, 0.717) is 0 Å². The number of alkyl halides is 1.